The standard InChI is InChI=1S/C17H23N5O3S/c1-12-9-15(20-25-12)19-17(24)16(23)18-10-14(13-3-8-26-11-13)22-6-4-21(2)5-7-22/h3,8-9,11,14H,4-7,10H2,1-2H3,(H,18,23)(H,19,20,24)/t14-/m1/s1. The van der Waals surface area contributed by atoms with Gasteiger partial charge in [0.15, 0.2) is 5.82 Å². The summed E-state index contributed by atoms with van der Waals surface area (Å²) >= 11 is 1.63. The van der Waals surface area contributed by atoms with Crippen molar-refractivity contribution >= 4 is 29.0 Å². The average Bonchev–Trinajstić information content (AvgIpc) is 3.28. The van der Waals surface area contributed by atoms with E-state index in [4.69, 9.17) is 4.52 Å². The van der Waals surface area contributed by atoms with Crippen LogP contribution >= 0.6 is 11.3 Å². The van der Waals surface area contributed by atoms with Gasteiger partial charge >= 0.3 is 11.8 Å². The number of likely N-dealkylation sites (N-methyl/N-ethyl adjacent to an activating group) is 1. The molecule has 1 saturated heterocycles. The Hall–Kier alpha value is -2.23. The summed E-state index contributed by atoms with van der Waals surface area (Å²) in [7, 11) is 2.11. The van der Waals surface area contributed by atoms with Crippen LogP contribution in [0.1, 0.15) is 17.4 Å². The molecule has 0 radical (unpaired) electrons. The summed E-state index contributed by atoms with van der Waals surface area (Å²) in [6.45, 7) is 5.92. The highest BCUT2D eigenvalue weighted by Gasteiger charge is 2.26. The number of aryl methyl sites for hydroxylation is 1. The van der Waals surface area contributed by atoms with Gasteiger partial charge in [-0.25, -0.2) is 0 Å². The lowest BCUT2D eigenvalue weighted by Crippen LogP contribution is -2.49. The quantitative estimate of drug-likeness (QED) is 0.758. The molecule has 0 aliphatic carbocycles. The molecule has 0 bridgehead atoms. The van der Waals surface area contributed by atoms with Crippen molar-refractivity contribution in [2.24, 2.45) is 0 Å². The van der Waals surface area contributed by atoms with Crippen molar-refractivity contribution in [1.29, 1.82) is 0 Å². The van der Waals surface area contributed by atoms with E-state index in [0.717, 1.165) is 31.7 Å². The number of anilines is 1. The first-order valence-corrected chi connectivity index (χ1v) is 9.44. The molecule has 9 heteroatoms. The lowest BCUT2D eigenvalue weighted by Gasteiger charge is -2.37. The molecule has 1 aliphatic rings. The number of nitrogens with one attached hydrogen (secondary N) is 2. The molecule has 26 heavy (non-hydrogen) atoms. The van der Waals surface area contributed by atoms with Crippen molar-refractivity contribution in [3.8, 4) is 0 Å². The second kappa shape index (κ2) is 8.43. The van der Waals surface area contributed by atoms with Gasteiger partial charge in [0.05, 0.1) is 6.04 Å². The van der Waals surface area contributed by atoms with Gasteiger partial charge in [0.25, 0.3) is 0 Å². The molecule has 3 rings (SSSR count). The lowest BCUT2D eigenvalue weighted by molar-refractivity contribution is -0.136. The molecule has 1 fully saturated rings. The van der Waals surface area contributed by atoms with Crippen LogP contribution in [0.4, 0.5) is 5.82 Å². The van der Waals surface area contributed by atoms with E-state index in [-0.39, 0.29) is 11.9 Å². The summed E-state index contributed by atoms with van der Waals surface area (Å²) in [6.07, 6.45) is 0. The van der Waals surface area contributed by atoms with Crippen molar-refractivity contribution in [1.82, 2.24) is 20.3 Å². The number of carbonyl (C=O) groups is 2. The zero-order valence-electron chi connectivity index (χ0n) is 14.9. The Morgan fingerprint density at radius 2 is 2.08 bits per heavy atom. The van der Waals surface area contributed by atoms with Gasteiger partial charge in [0.1, 0.15) is 5.76 Å². The van der Waals surface area contributed by atoms with E-state index in [1.165, 1.54) is 0 Å². The van der Waals surface area contributed by atoms with Crippen LogP contribution in [-0.4, -0.2) is 66.5 Å². The summed E-state index contributed by atoms with van der Waals surface area (Å²) in [5.41, 5.74) is 1.16. The first kappa shape index (κ1) is 18.6. The van der Waals surface area contributed by atoms with Gasteiger partial charge < -0.3 is 14.7 Å². The Kier molecular flexibility index (Phi) is 6.02. The summed E-state index contributed by atoms with van der Waals surface area (Å²) in [4.78, 5) is 28.8. The van der Waals surface area contributed by atoms with Crippen LogP contribution in [0.2, 0.25) is 0 Å². The smallest absolute Gasteiger partial charge is 0.314 e. The van der Waals surface area contributed by atoms with Gasteiger partial charge in [-0.05, 0) is 36.4 Å². The third-order valence-electron chi connectivity index (χ3n) is 4.44. The van der Waals surface area contributed by atoms with E-state index in [2.05, 4.69) is 44.1 Å². The predicted molar refractivity (Wildman–Crippen MR) is 99.0 cm³/mol. The minimum Gasteiger partial charge on any atom is -0.360 e. The molecule has 2 amide bonds. The Labute approximate surface area is 156 Å². The zero-order valence-corrected chi connectivity index (χ0v) is 15.7. The predicted octanol–water partition coefficient (Wildman–Crippen LogP) is 1.09. The fourth-order valence-electron chi connectivity index (χ4n) is 2.92. The molecule has 0 unspecified atom stereocenters. The van der Waals surface area contributed by atoms with E-state index >= 15 is 0 Å². The first-order chi connectivity index (χ1) is 12.5. The van der Waals surface area contributed by atoms with E-state index in [1.807, 2.05) is 5.38 Å². The molecule has 1 aliphatic heterocycles. The largest absolute Gasteiger partial charge is 0.360 e. The van der Waals surface area contributed by atoms with Crippen molar-refractivity contribution in [2.45, 2.75) is 13.0 Å². The third-order valence-corrected chi connectivity index (χ3v) is 5.14. The van der Waals surface area contributed by atoms with Crippen LogP contribution in [-0.2, 0) is 9.59 Å². The number of thiophene rings is 1. The van der Waals surface area contributed by atoms with Crippen LogP contribution in [0.3, 0.4) is 0 Å². The van der Waals surface area contributed by atoms with Gasteiger partial charge in [0.2, 0.25) is 0 Å². The van der Waals surface area contributed by atoms with Gasteiger partial charge in [-0.3, -0.25) is 19.8 Å². The van der Waals surface area contributed by atoms with Crippen molar-refractivity contribution in [3.63, 3.8) is 0 Å². The maximum absolute atomic E-state index is 12.2. The van der Waals surface area contributed by atoms with E-state index in [1.54, 1.807) is 24.3 Å². The molecule has 1 atom stereocenters. The average molecular weight is 377 g/mol. The summed E-state index contributed by atoms with van der Waals surface area (Å²) in [5.74, 6) is -0.634. The lowest BCUT2D eigenvalue weighted by atomic mass is 10.1. The topological polar surface area (TPSA) is 90.7 Å². The molecule has 8 nitrogen and oxygen atoms in total. The fraction of sp³-hybridized carbons (Fsp3) is 0.471. The molecule has 2 aromatic heterocycles. The van der Waals surface area contributed by atoms with Crippen molar-refractivity contribution in [2.75, 3.05) is 45.1 Å². The first-order valence-electron chi connectivity index (χ1n) is 8.50. The molecular weight excluding hydrogens is 354 g/mol. The Bertz CT molecular complexity index is 737. The number of aromatic nitrogens is 1. The van der Waals surface area contributed by atoms with E-state index < -0.39 is 11.8 Å². The number of amides is 2. The molecule has 3 heterocycles. The van der Waals surface area contributed by atoms with Crippen molar-refractivity contribution in [3.05, 3.63) is 34.2 Å². The Morgan fingerprint density at radius 1 is 1.31 bits per heavy atom. The summed E-state index contributed by atoms with van der Waals surface area (Å²) in [6, 6.07) is 3.68. The molecule has 2 aromatic rings. The summed E-state index contributed by atoms with van der Waals surface area (Å²) in [5, 5.41) is 13.0. The molecular formula is C17H23N5O3S. The molecule has 2 N–H and O–H groups in total. The van der Waals surface area contributed by atoms with Crippen molar-refractivity contribution < 1.29 is 14.1 Å². The second-order valence-electron chi connectivity index (χ2n) is 6.40. The van der Waals surface area contributed by atoms with Gasteiger partial charge in [-0.1, -0.05) is 5.16 Å². The van der Waals surface area contributed by atoms with E-state index in [9.17, 15) is 9.59 Å². The number of hydrogen-bond acceptors (Lipinski definition) is 7. The highest BCUT2D eigenvalue weighted by molar-refractivity contribution is 7.08. The number of hydrogen-bond donors (Lipinski definition) is 2. The van der Waals surface area contributed by atoms with Gasteiger partial charge in [-0.15, -0.1) is 0 Å². The number of carbonyl (C=O) groups excluding carboxylic acids is 2. The fourth-order valence-corrected chi connectivity index (χ4v) is 3.63. The Morgan fingerprint density at radius 3 is 2.69 bits per heavy atom. The highest BCUT2D eigenvalue weighted by atomic mass is 32.1. The van der Waals surface area contributed by atoms with Gasteiger partial charge in [-0.2, -0.15) is 11.3 Å². The molecule has 0 spiro atoms. The summed E-state index contributed by atoms with van der Waals surface area (Å²) < 4.78 is 4.87. The number of rotatable bonds is 5. The minimum atomic E-state index is -0.749. The zero-order chi connectivity index (χ0) is 18.5. The van der Waals surface area contributed by atoms with Crippen LogP contribution in [0.15, 0.2) is 27.4 Å². The third kappa shape index (κ3) is 4.69. The SMILES string of the molecule is Cc1cc(NC(=O)C(=O)NC[C@H](c2ccsc2)N2CCN(C)CC2)no1. The maximum Gasteiger partial charge on any atom is 0.314 e. The second-order valence-corrected chi connectivity index (χ2v) is 7.18. The monoisotopic (exact) mass is 377 g/mol. The molecule has 140 valence electrons. The Balaban J connectivity index is 1.58. The highest BCUT2D eigenvalue weighted by Crippen LogP contribution is 2.23. The van der Waals surface area contributed by atoms with Crippen LogP contribution in [0.25, 0.3) is 0 Å². The van der Waals surface area contributed by atoms with Crippen LogP contribution < -0.4 is 10.6 Å². The minimum absolute atomic E-state index is 0.0565. The number of nitrogens with zero attached hydrogens (tertiary/aromatic N) is 3. The van der Waals surface area contributed by atoms with E-state index in [0.29, 0.717) is 12.3 Å². The van der Waals surface area contributed by atoms with Crippen LogP contribution in [0.5, 0.6) is 0 Å². The molecule has 0 aromatic carbocycles. The van der Waals surface area contributed by atoms with Gasteiger partial charge in [0, 0.05) is 38.8 Å². The molecule has 0 saturated carbocycles. The number of piperazine rings is 1. The maximum atomic E-state index is 12.2. The van der Waals surface area contributed by atoms with Crippen LogP contribution in [0, 0.1) is 6.92 Å². The normalized spacial score (nSPS) is 17.0.